The lowest BCUT2D eigenvalue weighted by molar-refractivity contribution is -0.155. The molecule has 2 N–H and O–H groups in total. The molecule has 0 radical (unpaired) electrons. The zero-order valence-electron chi connectivity index (χ0n) is 10.8. The summed E-state index contributed by atoms with van der Waals surface area (Å²) in [6.07, 6.45) is 3.34. The van der Waals surface area contributed by atoms with E-state index in [2.05, 4.69) is 10.4 Å². The first-order valence-electron chi connectivity index (χ1n) is 6.19. The van der Waals surface area contributed by atoms with E-state index in [1.54, 1.807) is 25.3 Å². The number of rotatable bonds is 3. The Morgan fingerprint density at radius 3 is 2.90 bits per heavy atom. The molecule has 102 valence electrons. The average molecular weight is 271 g/mol. The third-order valence-corrected chi connectivity index (χ3v) is 3.07. The predicted molar refractivity (Wildman–Crippen MR) is 72.3 cm³/mol. The van der Waals surface area contributed by atoms with E-state index in [0.29, 0.717) is 17.9 Å². The number of fused-ring (bicyclic) bond motifs is 1. The van der Waals surface area contributed by atoms with Crippen LogP contribution < -0.4 is 5.43 Å². The van der Waals surface area contributed by atoms with Crippen LogP contribution in [0.25, 0.3) is 10.9 Å². The maximum Gasteiger partial charge on any atom is 0.309 e. The van der Waals surface area contributed by atoms with Crippen molar-refractivity contribution in [2.24, 2.45) is 0 Å². The Bertz CT molecular complexity index is 717. The molecule has 0 bridgehead atoms. The first-order chi connectivity index (χ1) is 9.65. The number of nitrogens with zero attached hydrogens (tertiary/aromatic N) is 1. The SMILES string of the molecule is CC1=CCN(NC(=O)C(=O)c2c[nH]c3ccccc23)O1. The number of hydrogen-bond donors (Lipinski definition) is 2. The molecule has 0 atom stereocenters. The van der Waals surface area contributed by atoms with E-state index in [1.165, 1.54) is 5.17 Å². The number of aromatic nitrogens is 1. The fraction of sp³-hybridized carbons (Fsp3) is 0.143. The van der Waals surface area contributed by atoms with E-state index in [-0.39, 0.29) is 0 Å². The molecule has 1 amide bonds. The number of carbonyl (C=O) groups excluding carboxylic acids is 2. The van der Waals surface area contributed by atoms with E-state index in [1.807, 2.05) is 18.2 Å². The van der Waals surface area contributed by atoms with Crippen LogP contribution in [0.2, 0.25) is 0 Å². The number of hydrogen-bond acceptors (Lipinski definition) is 4. The van der Waals surface area contributed by atoms with Crippen LogP contribution in [-0.2, 0) is 9.63 Å². The molecule has 0 aliphatic carbocycles. The number of hydroxylamine groups is 1. The molecular weight excluding hydrogens is 258 g/mol. The molecule has 0 unspecified atom stereocenters. The lowest BCUT2D eigenvalue weighted by Crippen LogP contribution is -2.43. The number of Topliss-reactive ketones (excluding diaryl/α,β-unsaturated/α-hetero) is 1. The summed E-state index contributed by atoms with van der Waals surface area (Å²) in [5.41, 5.74) is 3.59. The van der Waals surface area contributed by atoms with Crippen LogP contribution in [0.1, 0.15) is 17.3 Å². The number of ketones is 1. The zero-order valence-corrected chi connectivity index (χ0v) is 10.8. The summed E-state index contributed by atoms with van der Waals surface area (Å²) in [7, 11) is 0. The van der Waals surface area contributed by atoms with Crippen LogP contribution in [0.3, 0.4) is 0 Å². The maximum absolute atomic E-state index is 12.2. The smallest absolute Gasteiger partial charge is 0.309 e. The molecule has 6 heteroatoms. The summed E-state index contributed by atoms with van der Waals surface area (Å²) in [6.45, 7) is 2.19. The van der Waals surface area contributed by atoms with E-state index in [4.69, 9.17) is 4.84 Å². The number of amides is 1. The van der Waals surface area contributed by atoms with Crippen molar-refractivity contribution in [1.82, 2.24) is 15.6 Å². The van der Waals surface area contributed by atoms with Gasteiger partial charge in [-0.2, -0.15) is 0 Å². The van der Waals surface area contributed by atoms with E-state index in [0.717, 1.165) is 10.9 Å². The van der Waals surface area contributed by atoms with Crippen LogP contribution >= 0.6 is 0 Å². The molecule has 0 fully saturated rings. The molecule has 2 aromatic rings. The minimum Gasteiger partial charge on any atom is -0.391 e. The molecular formula is C14H13N3O3. The minimum atomic E-state index is -0.724. The molecule has 0 saturated heterocycles. The van der Waals surface area contributed by atoms with Gasteiger partial charge in [-0.1, -0.05) is 18.2 Å². The second kappa shape index (κ2) is 4.82. The predicted octanol–water partition coefficient (Wildman–Crippen LogP) is 1.53. The quantitative estimate of drug-likeness (QED) is 0.656. The van der Waals surface area contributed by atoms with Gasteiger partial charge in [-0.25, -0.2) is 5.43 Å². The standard InChI is InChI=1S/C14H13N3O3/c1-9-6-7-17(20-9)16-14(19)13(18)11-8-15-12-5-3-2-4-10(11)12/h2-6,8,15H,7H2,1H3,(H,16,19). The number of nitrogens with one attached hydrogen (secondary N) is 2. The fourth-order valence-electron chi connectivity index (χ4n) is 2.07. The third kappa shape index (κ3) is 2.17. The Morgan fingerprint density at radius 2 is 2.15 bits per heavy atom. The van der Waals surface area contributed by atoms with Crippen molar-refractivity contribution >= 4 is 22.6 Å². The van der Waals surface area contributed by atoms with Crippen LogP contribution in [0, 0.1) is 0 Å². The van der Waals surface area contributed by atoms with Gasteiger partial charge in [0.2, 0.25) is 0 Å². The topological polar surface area (TPSA) is 74.4 Å². The van der Waals surface area contributed by atoms with Crippen molar-refractivity contribution in [1.29, 1.82) is 0 Å². The van der Waals surface area contributed by atoms with Gasteiger partial charge in [0, 0.05) is 17.1 Å². The van der Waals surface area contributed by atoms with Crippen molar-refractivity contribution in [2.75, 3.05) is 6.54 Å². The number of carbonyl (C=O) groups is 2. The molecule has 2 heterocycles. The van der Waals surface area contributed by atoms with Crippen molar-refractivity contribution < 1.29 is 14.4 Å². The van der Waals surface area contributed by atoms with Crippen LogP contribution in [0.4, 0.5) is 0 Å². The van der Waals surface area contributed by atoms with Gasteiger partial charge >= 0.3 is 5.91 Å². The van der Waals surface area contributed by atoms with Crippen LogP contribution in [0.5, 0.6) is 0 Å². The molecule has 6 nitrogen and oxygen atoms in total. The summed E-state index contributed by atoms with van der Waals surface area (Å²) in [5.74, 6) is -0.640. The number of benzene rings is 1. The van der Waals surface area contributed by atoms with Crippen LogP contribution in [0.15, 0.2) is 42.3 Å². The Kier molecular flexibility index (Phi) is 3.00. The molecule has 1 aromatic heterocycles. The van der Waals surface area contributed by atoms with Gasteiger partial charge in [-0.15, -0.1) is 0 Å². The van der Waals surface area contributed by atoms with Gasteiger partial charge in [0.25, 0.3) is 5.78 Å². The van der Waals surface area contributed by atoms with Gasteiger partial charge in [-0.3, -0.25) is 9.59 Å². The highest BCUT2D eigenvalue weighted by Crippen LogP contribution is 2.18. The van der Waals surface area contributed by atoms with Crippen molar-refractivity contribution in [3.05, 3.63) is 47.9 Å². The normalized spacial score (nSPS) is 14.9. The summed E-state index contributed by atoms with van der Waals surface area (Å²) >= 11 is 0. The first kappa shape index (κ1) is 12.4. The monoisotopic (exact) mass is 271 g/mol. The lowest BCUT2D eigenvalue weighted by Gasteiger charge is -2.15. The minimum absolute atomic E-state index is 0.349. The molecule has 0 spiro atoms. The Balaban J connectivity index is 1.77. The van der Waals surface area contributed by atoms with Gasteiger partial charge in [0.05, 0.1) is 12.1 Å². The lowest BCUT2D eigenvalue weighted by atomic mass is 10.1. The molecule has 3 rings (SSSR count). The molecule has 1 aliphatic heterocycles. The number of H-pyrrole nitrogens is 1. The molecule has 0 saturated carbocycles. The number of allylic oxidation sites excluding steroid dienone is 1. The van der Waals surface area contributed by atoms with Gasteiger partial charge in [0.15, 0.2) is 0 Å². The highest BCUT2D eigenvalue weighted by atomic mass is 16.7. The van der Waals surface area contributed by atoms with Crippen molar-refractivity contribution in [3.8, 4) is 0 Å². The number of para-hydroxylation sites is 1. The Morgan fingerprint density at radius 1 is 1.35 bits per heavy atom. The van der Waals surface area contributed by atoms with E-state index < -0.39 is 11.7 Å². The zero-order chi connectivity index (χ0) is 14.1. The largest absolute Gasteiger partial charge is 0.391 e. The van der Waals surface area contributed by atoms with E-state index >= 15 is 0 Å². The summed E-state index contributed by atoms with van der Waals surface area (Å²) in [6, 6.07) is 7.33. The summed E-state index contributed by atoms with van der Waals surface area (Å²) in [4.78, 5) is 32.2. The van der Waals surface area contributed by atoms with Gasteiger partial charge in [-0.05, 0) is 24.2 Å². The van der Waals surface area contributed by atoms with Crippen molar-refractivity contribution in [2.45, 2.75) is 6.92 Å². The number of hydrazine groups is 1. The molecule has 20 heavy (non-hydrogen) atoms. The number of aromatic amines is 1. The maximum atomic E-state index is 12.2. The second-order valence-electron chi connectivity index (χ2n) is 4.49. The Hall–Kier alpha value is -2.60. The summed E-state index contributed by atoms with van der Waals surface area (Å²) < 4.78 is 0. The fourth-order valence-corrected chi connectivity index (χ4v) is 2.07. The van der Waals surface area contributed by atoms with Crippen LogP contribution in [-0.4, -0.2) is 28.4 Å². The molecule has 1 aromatic carbocycles. The summed E-state index contributed by atoms with van der Waals surface area (Å²) in [5, 5.41) is 1.95. The van der Waals surface area contributed by atoms with Gasteiger partial charge in [0.1, 0.15) is 5.76 Å². The average Bonchev–Trinajstić information content (AvgIpc) is 3.04. The van der Waals surface area contributed by atoms with Crippen molar-refractivity contribution in [3.63, 3.8) is 0 Å². The van der Waals surface area contributed by atoms with E-state index in [9.17, 15) is 9.59 Å². The Labute approximate surface area is 114 Å². The van der Waals surface area contributed by atoms with Gasteiger partial charge < -0.3 is 9.82 Å². The first-order valence-corrected chi connectivity index (χ1v) is 6.19. The third-order valence-electron chi connectivity index (χ3n) is 3.07. The second-order valence-corrected chi connectivity index (χ2v) is 4.49. The highest BCUT2D eigenvalue weighted by Gasteiger charge is 2.23. The highest BCUT2D eigenvalue weighted by molar-refractivity contribution is 6.44. The molecule has 1 aliphatic rings.